The maximum atomic E-state index is 11.9. The molecule has 0 bridgehead atoms. The van der Waals surface area contributed by atoms with Crippen molar-refractivity contribution in [3.05, 3.63) is 23.8 Å². The molecule has 0 saturated carbocycles. The van der Waals surface area contributed by atoms with Gasteiger partial charge in [-0.2, -0.15) is 0 Å². The lowest BCUT2D eigenvalue weighted by Crippen LogP contribution is -2.25. The van der Waals surface area contributed by atoms with Crippen molar-refractivity contribution in [3.8, 4) is 0 Å². The molecule has 0 aliphatic heterocycles. The van der Waals surface area contributed by atoms with Gasteiger partial charge in [0.05, 0.1) is 11.5 Å². The Hall–Kier alpha value is -1.44. The molecule has 18 heavy (non-hydrogen) atoms. The summed E-state index contributed by atoms with van der Waals surface area (Å²) in [6.07, 6.45) is 0. The zero-order valence-corrected chi connectivity index (χ0v) is 11.3. The van der Waals surface area contributed by atoms with Gasteiger partial charge < -0.3 is 5.32 Å². The molecule has 0 spiro atoms. The molecular formula is C11H16N2O4S. The molecule has 6 nitrogen and oxygen atoms in total. The fraction of sp³-hybridized carbons (Fsp3) is 0.364. The van der Waals surface area contributed by atoms with Crippen molar-refractivity contribution in [1.82, 2.24) is 4.89 Å². The maximum Gasteiger partial charge on any atom is 0.262 e. The first-order valence-electron chi connectivity index (χ1n) is 5.38. The van der Waals surface area contributed by atoms with Gasteiger partial charge in [0.15, 0.2) is 0 Å². The van der Waals surface area contributed by atoms with E-state index in [-0.39, 0.29) is 17.4 Å². The van der Waals surface area contributed by atoms with Crippen LogP contribution in [0.3, 0.4) is 0 Å². The molecule has 0 aliphatic rings. The number of hydrogen-bond acceptors (Lipinski definition) is 4. The number of anilines is 1. The third kappa shape index (κ3) is 3.80. The van der Waals surface area contributed by atoms with Crippen LogP contribution in [0, 0.1) is 6.92 Å². The lowest BCUT2D eigenvalue weighted by Gasteiger charge is -2.10. The van der Waals surface area contributed by atoms with Crippen LogP contribution in [0.25, 0.3) is 0 Å². The van der Waals surface area contributed by atoms with Crippen LogP contribution in [-0.2, 0) is 19.7 Å². The van der Waals surface area contributed by atoms with Gasteiger partial charge >= 0.3 is 0 Å². The van der Waals surface area contributed by atoms with Gasteiger partial charge in [-0.05, 0) is 31.5 Å². The van der Waals surface area contributed by atoms with Gasteiger partial charge in [0.25, 0.3) is 10.0 Å². The number of aryl methyl sites for hydroxylation is 1. The van der Waals surface area contributed by atoms with Crippen LogP contribution in [0.1, 0.15) is 19.4 Å². The van der Waals surface area contributed by atoms with E-state index in [1.165, 1.54) is 13.0 Å². The molecule has 7 heteroatoms. The first-order valence-corrected chi connectivity index (χ1v) is 6.87. The number of nitrogens with one attached hydrogen (secondary N) is 2. The smallest absolute Gasteiger partial charge is 0.262 e. The summed E-state index contributed by atoms with van der Waals surface area (Å²) in [6.45, 7) is 4.91. The second-order valence-corrected chi connectivity index (χ2v) is 5.29. The Morgan fingerprint density at radius 3 is 2.61 bits per heavy atom. The molecule has 2 N–H and O–H groups in total. The fourth-order valence-electron chi connectivity index (χ4n) is 1.35. The number of amides is 1. The van der Waals surface area contributed by atoms with Crippen LogP contribution >= 0.6 is 0 Å². The molecule has 0 aromatic heterocycles. The standard InChI is InChI=1S/C11H16N2O4S/c1-4-17-13-18(15,16)11-7-10(12-9(3)14)6-5-8(11)2/h5-7,13H,4H2,1-3H3,(H,12,14). The molecule has 0 radical (unpaired) electrons. The van der Waals surface area contributed by atoms with Crippen molar-refractivity contribution in [1.29, 1.82) is 0 Å². The highest BCUT2D eigenvalue weighted by Gasteiger charge is 2.17. The number of rotatable bonds is 5. The lowest BCUT2D eigenvalue weighted by molar-refractivity contribution is -0.114. The first kappa shape index (κ1) is 14.6. The van der Waals surface area contributed by atoms with Crippen LogP contribution in [0.2, 0.25) is 0 Å². The summed E-state index contributed by atoms with van der Waals surface area (Å²) in [4.78, 5) is 17.7. The van der Waals surface area contributed by atoms with Crippen molar-refractivity contribution in [2.24, 2.45) is 0 Å². The fourth-order valence-corrected chi connectivity index (χ4v) is 2.49. The quantitative estimate of drug-likeness (QED) is 0.788. The Labute approximate surface area is 106 Å². The van der Waals surface area contributed by atoms with Gasteiger partial charge in [0.2, 0.25) is 5.91 Å². The zero-order valence-electron chi connectivity index (χ0n) is 10.5. The minimum atomic E-state index is -3.73. The van der Waals surface area contributed by atoms with Crippen LogP contribution in [0.5, 0.6) is 0 Å². The van der Waals surface area contributed by atoms with Gasteiger partial charge in [0, 0.05) is 12.6 Å². The van der Waals surface area contributed by atoms with Crippen molar-refractivity contribution < 1.29 is 18.0 Å². The monoisotopic (exact) mass is 272 g/mol. The van der Waals surface area contributed by atoms with Crippen LogP contribution in [0.4, 0.5) is 5.69 Å². The Kier molecular flexibility index (Phi) is 4.83. The van der Waals surface area contributed by atoms with Gasteiger partial charge in [-0.15, -0.1) is 0 Å². The number of hydrogen-bond donors (Lipinski definition) is 2. The summed E-state index contributed by atoms with van der Waals surface area (Å²) in [6, 6.07) is 4.64. The van der Waals surface area contributed by atoms with E-state index in [0.717, 1.165) is 0 Å². The highest BCUT2D eigenvalue weighted by molar-refractivity contribution is 7.89. The molecular weight excluding hydrogens is 256 g/mol. The van der Waals surface area contributed by atoms with E-state index in [9.17, 15) is 13.2 Å². The van der Waals surface area contributed by atoms with E-state index in [1.807, 2.05) is 4.89 Å². The Bertz CT molecular complexity index is 540. The van der Waals surface area contributed by atoms with Crippen LogP contribution < -0.4 is 10.2 Å². The predicted octanol–water partition coefficient (Wildman–Crippen LogP) is 1.18. The summed E-state index contributed by atoms with van der Waals surface area (Å²) in [5.41, 5.74) is 0.987. The third-order valence-corrected chi connectivity index (χ3v) is 3.47. The zero-order chi connectivity index (χ0) is 13.8. The average Bonchev–Trinajstić information content (AvgIpc) is 2.28. The second-order valence-electron chi connectivity index (χ2n) is 3.68. The van der Waals surface area contributed by atoms with Gasteiger partial charge in [-0.1, -0.05) is 11.0 Å². The Balaban J connectivity index is 3.11. The Morgan fingerprint density at radius 2 is 2.06 bits per heavy atom. The maximum absolute atomic E-state index is 11.9. The summed E-state index contributed by atoms with van der Waals surface area (Å²) in [5.74, 6) is -0.264. The van der Waals surface area contributed by atoms with Crippen molar-refractivity contribution in [2.75, 3.05) is 11.9 Å². The topological polar surface area (TPSA) is 84.5 Å². The summed E-state index contributed by atoms with van der Waals surface area (Å²) >= 11 is 0. The molecule has 1 aromatic rings. The van der Waals surface area contributed by atoms with Crippen LogP contribution in [0.15, 0.2) is 23.1 Å². The van der Waals surface area contributed by atoms with Crippen molar-refractivity contribution >= 4 is 21.6 Å². The van der Waals surface area contributed by atoms with E-state index in [1.54, 1.807) is 26.0 Å². The molecule has 1 amide bonds. The minimum absolute atomic E-state index is 0.0715. The predicted molar refractivity (Wildman–Crippen MR) is 67.4 cm³/mol. The van der Waals surface area contributed by atoms with Gasteiger partial charge in [-0.3, -0.25) is 9.63 Å². The van der Waals surface area contributed by atoms with E-state index in [4.69, 9.17) is 4.84 Å². The summed E-state index contributed by atoms with van der Waals surface area (Å²) < 4.78 is 23.8. The highest BCUT2D eigenvalue weighted by Crippen LogP contribution is 2.20. The molecule has 1 rings (SSSR count). The minimum Gasteiger partial charge on any atom is -0.326 e. The van der Waals surface area contributed by atoms with E-state index >= 15 is 0 Å². The van der Waals surface area contributed by atoms with E-state index in [0.29, 0.717) is 11.3 Å². The largest absolute Gasteiger partial charge is 0.326 e. The molecule has 0 fully saturated rings. The first-order chi connectivity index (χ1) is 8.36. The van der Waals surface area contributed by atoms with Crippen LogP contribution in [-0.4, -0.2) is 20.9 Å². The van der Waals surface area contributed by atoms with Crippen molar-refractivity contribution in [2.45, 2.75) is 25.7 Å². The number of benzene rings is 1. The highest BCUT2D eigenvalue weighted by atomic mass is 32.2. The van der Waals surface area contributed by atoms with E-state index < -0.39 is 10.0 Å². The number of carbonyl (C=O) groups excluding carboxylic acids is 1. The molecule has 0 atom stereocenters. The molecule has 0 heterocycles. The molecule has 0 unspecified atom stereocenters. The van der Waals surface area contributed by atoms with Crippen molar-refractivity contribution in [3.63, 3.8) is 0 Å². The average molecular weight is 272 g/mol. The Morgan fingerprint density at radius 1 is 1.39 bits per heavy atom. The SMILES string of the molecule is CCONS(=O)(=O)c1cc(NC(C)=O)ccc1C. The molecule has 100 valence electrons. The number of carbonyl (C=O) groups is 1. The normalized spacial score (nSPS) is 11.3. The molecule has 1 aromatic carbocycles. The van der Waals surface area contributed by atoms with Gasteiger partial charge in [-0.25, -0.2) is 8.42 Å². The van der Waals surface area contributed by atoms with Gasteiger partial charge in [0.1, 0.15) is 0 Å². The third-order valence-electron chi connectivity index (χ3n) is 2.11. The summed E-state index contributed by atoms with van der Waals surface area (Å²) in [5, 5.41) is 2.53. The second kappa shape index (κ2) is 5.94. The molecule has 0 saturated heterocycles. The summed E-state index contributed by atoms with van der Waals surface area (Å²) in [7, 11) is -3.73. The molecule has 0 aliphatic carbocycles. The number of sulfonamides is 1. The lowest BCUT2D eigenvalue weighted by atomic mass is 10.2. The van der Waals surface area contributed by atoms with E-state index in [2.05, 4.69) is 5.32 Å².